The standard InChI is InChI=1S/C16H21NO/c1-3-9-17-10-8-14-15(18-2)7-6-12-4-5-13(11-17)16(12)14/h3,6-7,13H,1,4-5,8-11H2,2H3. The number of aryl methyl sites for hydroxylation is 1. The average Bonchev–Trinajstić information content (AvgIpc) is 2.69. The van der Waals surface area contributed by atoms with Crippen LogP contribution < -0.4 is 4.74 Å². The highest BCUT2D eigenvalue weighted by Crippen LogP contribution is 2.41. The molecule has 0 saturated heterocycles. The number of hydrogen-bond donors (Lipinski definition) is 0. The Labute approximate surface area is 109 Å². The van der Waals surface area contributed by atoms with Gasteiger partial charge in [-0.3, -0.25) is 4.90 Å². The molecule has 18 heavy (non-hydrogen) atoms. The smallest absolute Gasteiger partial charge is 0.122 e. The van der Waals surface area contributed by atoms with Crippen molar-refractivity contribution in [3.8, 4) is 5.75 Å². The van der Waals surface area contributed by atoms with Crippen LogP contribution in [0.3, 0.4) is 0 Å². The molecule has 2 heteroatoms. The molecule has 2 aliphatic rings. The van der Waals surface area contributed by atoms with Gasteiger partial charge in [0, 0.05) is 19.6 Å². The summed E-state index contributed by atoms with van der Waals surface area (Å²) in [4.78, 5) is 2.52. The monoisotopic (exact) mass is 243 g/mol. The Balaban J connectivity index is 2.00. The molecule has 0 fully saturated rings. The van der Waals surface area contributed by atoms with Crippen molar-refractivity contribution in [2.75, 3.05) is 26.7 Å². The van der Waals surface area contributed by atoms with Gasteiger partial charge in [-0.25, -0.2) is 0 Å². The molecule has 1 aromatic rings. The highest BCUT2D eigenvalue weighted by molar-refractivity contribution is 5.50. The molecule has 1 unspecified atom stereocenters. The highest BCUT2D eigenvalue weighted by atomic mass is 16.5. The fraction of sp³-hybridized carbons (Fsp3) is 0.500. The molecule has 1 aromatic carbocycles. The van der Waals surface area contributed by atoms with E-state index in [1.165, 1.54) is 24.9 Å². The molecule has 1 aliphatic carbocycles. The van der Waals surface area contributed by atoms with E-state index in [0.717, 1.165) is 25.3 Å². The predicted octanol–water partition coefficient (Wildman–Crippen LogP) is 2.77. The van der Waals surface area contributed by atoms with Crippen molar-refractivity contribution in [1.29, 1.82) is 0 Å². The van der Waals surface area contributed by atoms with Crippen molar-refractivity contribution in [3.05, 3.63) is 41.5 Å². The maximum absolute atomic E-state index is 5.56. The summed E-state index contributed by atoms with van der Waals surface area (Å²) in [6.07, 6.45) is 5.65. The third-order valence-corrected chi connectivity index (χ3v) is 4.34. The maximum Gasteiger partial charge on any atom is 0.122 e. The minimum atomic E-state index is 0.701. The molecule has 0 bridgehead atoms. The molecular formula is C16H21NO. The molecule has 0 amide bonds. The van der Waals surface area contributed by atoms with Crippen LogP contribution in [0.1, 0.15) is 29.0 Å². The topological polar surface area (TPSA) is 12.5 Å². The third kappa shape index (κ3) is 1.85. The van der Waals surface area contributed by atoms with Crippen molar-refractivity contribution < 1.29 is 4.74 Å². The summed E-state index contributed by atoms with van der Waals surface area (Å²) < 4.78 is 5.56. The molecule has 2 nitrogen and oxygen atoms in total. The molecule has 0 spiro atoms. The molecule has 1 aliphatic heterocycles. The molecular weight excluding hydrogens is 222 g/mol. The summed E-state index contributed by atoms with van der Waals surface area (Å²) in [7, 11) is 1.79. The van der Waals surface area contributed by atoms with Crippen LogP contribution in [-0.2, 0) is 12.8 Å². The van der Waals surface area contributed by atoms with Gasteiger partial charge in [-0.2, -0.15) is 0 Å². The minimum absolute atomic E-state index is 0.701. The lowest BCUT2D eigenvalue weighted by molar-refractivity contribution is 0.293. The van der Waals surface area contributed by atoms with E-state index < -0.39 is 0 Å². The second kappa shape index (κ2) is 4.77. The van der Waals surface area contributed by atoms with E-state index in [9.17, 15) is 0 Å². The van der Waals surface area contributed by atoms with E-state index in [1.54, 1.807) is 18.2 Å². The van der Waals surface area contributed by atoms with Crippen LogP contribution in [0.5, 0.6) is 5.75 Å². The molecule has 0 N–H and O–H groups in total. The van der Waals surface area contributed by atoms with Crippen molar-refractivity contribution in [3.63, 3.8) is 0 Å². The molecule has 0 radical (unpaired) electrons. The Hall–Kier alpha value is -1.28. The first kappa shape index (κ1) is 11.8. The molecule has 1 atom stereocenters. The fourth-order valence-electron chi connectivity index (χ4n) is 3.55. The van der Waals surface area contributed by atoms with Crippen LogP contribution >= 0.6 is 0 Å². The van der Waals surface area contributed by atoms with E-state index in [0.29, 0.717) is 5.92 Å². The Morgan fingerprint density at radius 2 is 2.33 bits per heavy atom. The average molecular weight is 243 g/mol. The van der Waals surface area contributed by atoms with E-state index in [4.69, 9.17) is 4.74 Å². The Bertz CT molecular complexity index is 466. The summed E-state index contributed by atoms with van der Waals surface area (Å²) in [6, 6.07) is 4.42. The SMILES string of the molecule is C=CCN1CCc2c(OC)ccc3c2C(CC3)C1. The number of methoxy groups -OCH3 is 1. The molecule has 1 heterocycles. The van der Waals surface area contributed by atoms with Gasteiger partial charge in [0.1, 0.15) is 5.75 Å². The summed E-state index contributed by atoms with van der Waals surface area (Å²) in [6.45, 7) is 7.17. The predicted molar refractivity (Wildman–Crippen MR) is 74.4 cm³/mol. The Morgan fingerprint density at radius 3 is 3.11 bits per heavy atom. The van der Waals surface area contributed by atoms with Crippen molar-refractivity contribution in [2.24, 2.45) is 0 Å². The number of benzene rings is 1. The van der Waals surface area contributed by atoms with Gasteiger partial charge in [-0.05, 0) is 47.9 Å². The van der Waals surface area contributed by atoms with Gasteiger partial charge in [-0.1, -0.05) is 12.1 Å². The van der Waals surface area contributed by atoms with Crippen molar-refractivity contribution in [2.45, 2.75) is 25.2 Å². The zero-order chi connectivity index (χ0) is 12.5. The van der Waals surface area contributed by atoms with E-state index >= 15 is 0 Å². The lowest BCUT2D eigenvalue weighted by Gasteiger charge is -2.21. The fourth-order valence-corrected chi connectivity index (χ4v) is 3.55. The second-order valence-electron chi connectivity index (χ2n) is 5.35. The normalized spacial score (nSPS) is 22.4. The highest BCUT2D eigenvalue weighted by Gasteiger charge is 2.31. The molecule has 3 rings (SSSR count). The van der Waals surface area contributed by atoms with Crippen LogP contribution in [0, 0.1) is 0 Å². The third-order valence-electron chi connectivity index (χ3n) is 4.34. The van der Waals surface area contributed by atoms with Gasteiger partial charge in [0.25, 0.3) is 0 Å². The lowest BCUT2D eigenvalue weighted by atomic mass is 9.94. The number of hydrogen-bond acceptors (Lipinski definition) is 2. The molecule has 96 valence electrons. The molecule has 0 aromatic heterocycles. The first-order valence-corrected chi connectivity index (χ1v) is 6.85. The van der Waals surface area contributed by atoms with Gasteiger partial charge < -0.3 is 4.74 Å². The summed E-state index contributed by atoms with van der Waals surface area (Å²) >= 11 is 0. The van der Waals surface area contributed by atoms with Crippen LogP contribution in [0.4, 0.5) is 0 Å². The van der Waals surface area contributed by atoms with Crippen LogP contribution in [0.15, 0.2) is 24.8 Å². The van der Waals surface area contributed by atoms with Crippen molar-refractivity contribution >= 4 is 0 Å². The minimum Gasteiger partial charge on any atom is -0.496 e. The zero-order valence-corrected chi connectivity index (χ0v) is 11.1. The number of ether oxygens (including phenoxy) is 1. The van der Waals surface area contributed by atoms with E-state index in [2.05, 4.69) is 23.6 Å². The van der Waals surface area contributed by atoms with Gasteiger partial charge >= 0.3 is 0 Å². The second-order valence-corrected chi connectivity index (χ2v) is 5.35. The first-order valence-electron chi connectivity index (χ1n) is 6.85. The number of nitrogens with zero attached hydrogens (tertiary/aromatic N) is 1. The summed E-state index contributed by atoms with van der Waals surface area (Å²) in [5.74, 6) is 1.79. The quantitative estimate of drug-likeness (QED) is 0.757. The molecule has 0 saturated carbocycles. The Morgan fingerprint density at radius 1 is 1.44 bits per heavy atom. The van der Waals surface area contributed by atoms with Gasteiger partial charge in [-0.15, -0.1) is 6.58 Å². The van der Waals surface area contributed by atoms with E-state index in [1.807, 2.05) is 6.08 Å². The van der Waals surface area contributed by atoms with Gasteiger partial charge in [0.2, 0.25) is 0 Å². The lowest BCUT2D eigenvalue weighted by Crippen LogP contribution is -2.28. The summed E-state index contributed by atoms with van der Waals surface area (Å²) in [5.41, 5.74) is 4.61. The zero-order valence-electron chi connectivity index (χ0n) is 11.1. The van der Waals surface area contributed by atoms with Crippen molar-refractivity contribution in [1.82, 2.24) is 4.90 Å². The first-order chi connectivity index (χ1) is 8.83. The van der Waals surface area contributed by atoms with Crippen LogP contribution in [0.25, 0.3) is 0 Å². The maximum atomic E-state index is 5.56. The summed E-state index contributed by atoms with van der Waals surface area (Å²) in [5, 5.41) is 0. The number of rotatable bonds is 3. The van der Waals surface area contributed by atoms with Gasteiger partial charge in [0.15, 0.2) is 0 Å². The van der Waals surface area contributed by atoms with Crippen LogP contribution in [-0.4, -0.2) is 31.6 Å². The Kier molecular flexibility index (Phi) is 3.13. The van der Waals surface area contributed by atoms with E-state index in [-0.39, 0.29) is 0 Å². The van der Waals surface area contributed by atoms with Gasteiger partial charge in [0.05, 0.1) is 7.11 Å². The largest absolute Gasteiger partial charge is 0.496 e. The van der Waals surface area contributed by atoms with Crippen LogP contribution in [0.2, 0.25) is 0 Å².